The van der Waals surface area contributed by atoms with Crippen LogP contribution in [0, 0.1) is 0 Å². The highest BCUT2D eigenvalue weighted by atomic mass is 15.1. The predicted octanol–water partition coefficient (Wildman–Crippen LogP) is 2.95. The molecule has 100 valence electrons. The van der Waals surface area contributed by atoms with Crippen molar-refractivity contribution in [2.24, 2.45) is 0 Å². The second-order valence-corrected chi connectivity index (χ2v) is 4.59. The fourth-order valence-corrected chi connectivity index (χ4v) is 1.91. The lowest BCUT2D eigenvalue weighted by Gasteiger charge is -2.14. The van der Waals surface area contributed by atoms with Gasteiger partial charge in [-0.15, -0.1) is 0 Å². The van der Waals surface area contributed by atoms with Crippen LogP contribution in [0.2, 0.25) is 0 Å². The lowest BCUT2D eigenvalue weighted by molar-refractivity contribution is 0.702. The molecule has 0 saturated heterocycles. The standard InChI is InChI=1S/C15H20N4/c1-12(8-9-13-6-4-3-5-7-13)18-14-10-11-17-15(16-2)19-14/h3-7,10-12H,8-9H2,1-2H3,(H2,16,17,18,19). The third kappa shape index (κ3) is 4.25. The summed E-state index contributed by atoms with van der Waals surface area (Å²) in [5, 5.41) is 6.33. The van der Waals surface area contributed by atoms with Gasteiger partial charge in [-0.1, -0.05) is 30.3 Å². The van der Waals surface area contributed by atoms with Gasteiger partial charge in [-0.3, -0.25) is 0 Å². The predicted molar refractivity (Wildman–Crippen MR) is 79.4 cm³/mol. The van der Waals surface area contributed by atoms with Crippen LogP contribution in [0.3, 0.4) is 0 Å². The van der Waals surface area contributed by atoms with E-state index in [1.165, 1.54) is 5.56 Å². The molecule has 2 rings (SSSR count). The first-order valence-electron chi connectivity index (χ1n) is 6.59. The number of hydrogen-bond acceptors (Lipinski definition) is 4. The summed E-state index contributed by atoms with van der Waals surface area (Å²) in [4.78, 5) is 8.45. The quantitative estimate of drug-likeness (QED) is 0.834. The number of rotatable bonds is 6. The molecule has 0 aliphatic rings. The molecule has 1 aromatic heterocycles. The number of nitrogens with zero attached hydrogens (tertiary/aromatic N) is 2. The van der Waals surface area contributed by atoms with Crippen LogP contribution in [-0.4, -0.2) is 23.1 Å². The fourth-order valence-electron chi connectivity index (χ4n) is 1.91. The average molecular weight is 256 g/mol. The second-order valence-electron chi connectivity index (χ2n) is 4.59. The number of anilines is 2. The summed E-state index contributed by atoms with van der Waals surface area (Å²) < 4.78 is 0. The lowest BCUT2D eigenvalue weighted by atomic mass is 10.1. The molecule has 0 fully saturated rings. The van der Waals surface area contributed by atoms with Crippen LogP contribution in [0.5, 0.6) is 0 Å². The first kappa shape index (κ1) is 13.3. The van der Waals surface area contributed by atoms with Crippen molar-refractivity contribution < 1.29 is 0 Å². The maximum atomic E-state index is 4.35. The van der Waals surface area contributed by atoms with Crippen molar-refractivity contribution in [3.63, 3.8) is 0 Å². The first-order valence-corrected chi connectivity index (χ1v) is 6.59. The van der Waals surface area contributed by atoms with Crippen LogP contribution in [0.15, 0.2) is 42.6 Å². The zero-order valence-electron chi connectivity index (χ0n) is 11.4. The van der Waals surface area contributed by atoms with Crippen molar-refractivity contribution in [2.75, 3.05) is 17.7 Å². The molecule has 1 atom stereocenters. The third-order valence-electron chi connectivity index (χ3n) is 2.98. The Kier molecular flexibility index (Phi) is 4.72. The fraction of sp³-hybridized carbons (Fsp3) is 0.333. The van der Waals surface area contributed by atoms with Gasteiger partial charge in [0.15, 0.2) is 0 Å². The number of nitrogens with one attached hydrogen (secondary N) is 2. The van der Waals surface area contributed by atoms with Crippen LogP contribution in [-0.2, 0) is 6.42 Å². The van der Waals surface area contributed by atoms with E-state index in [1.54, 1.807) is 6.20 Å². The molecule has 4 nitrogen and oxygen atoms in total. The normalized spacial score (nSPS) is 11.9. The minimum atomic E-state index is 0.375. The summed E-state index contributed by atoms with van der Waals surface area (Å²) in [5.74, 6) is 1.50. The Morgan fingerprint density at radius 1 is 1.16 bits per heavy atom. The van der Waals surface area contributed by atoms with E-state index < -0.39 is 0 Å². The van der Waals surface area contributed by atoms with Crippen molar-refractivity contribution in [3.8, 4) is 0 Å². The molecule has 0 bridgehead atoms. The lowest BCUT2D eigenvalue weighted by Crippen LogP contribution is -2.17. The average Bonchev–Trinajstić information content (AvgIpc) is 2.46. The molecule has 0 saturated carbocycles. The Morgan fingerprint density at radius 3 is 2.68 bits per heavy atom. The highest BCUT2D eigenvalue weighted by Crippen LogP contribution is 2.10. The molecule has 0 aliphatic carbocycles. The Hall–Kier alpha value is -2.10. The minimum Gasteiger partial charge on any atom is -0.367 e. The van der Waals surface area contributed by atoms with Gasteiger partial charge in [-0.2, -0.15) is 4.98 Å². The van der Waals surface area contributed by atoms with Crippen LogP contribution >= 0.6 is 0 Å². The summed E-state index contributed by atoms with van der Waals surface area (Å²) in [7, 11) is 1.82. The number of aromatic nitrogens is 2. The maximum absolute atomic E-state index is 4.35. The van der Waals surface area contributed by atoms with Crippen molar-refractivity contribution in [3.05, 3.63) is 48.2 Å². The summed E-state index contributed by atoms with van der Waals surface area (Å²) in [6.45, 7) is 2.17. The van der Waals surface area contributed by atoms with Gasteiger partial charge < -0.3 is 10.6 Å². The Balaban J connectivity index is 1.85. The van der Waals surface area contributed by atoms with E-state index in [2.05, 4.69) is 51.8 Å². The zero-order valence-corrected chi connectivity index (χ0v) is 11.4. The van der Waals surface area contributed by atoms with E-state index in [9.17, 15) is 0 Å². The van der Waals surface area contributed by atoms with Crippen LogP contribution in [0.4, 0.5) is 11.8 Å². The highest BCUT2D eigenvalue weighted by Gasteiger charge is 2.04. The first-order chi connectivity index (χ1) is 9.28. The maximum Gasteiger partial charge on any atom is 0.224 e. The SMILES string of the molecule is CNc1nccc(NC(C)CCc2ccccc2)n1. The van der Waals surface area contributed by atoms with Gasteiger partial charge in [0.25, 0.3) is 0 Å². The molecular weight excluding hydrogens is 236 g/mol. The number of benzene rings is 1. The molecule has 4 heteroatoms. The van der Waals surface area contributed by atoms with Gasteiger partial charge in [0.2, 0.25) is 5.95 Å². The number of aryl methyl sites for hydroxylation is 1. The van der Waals surface area contributed by atoms with Gasteiger partial charge >= 0.3 is 0 Å². The molecule has 19 heavy (non-hydrogen) atoms. The second kappa shape index (κ2) is 6.73. The van der Waals surface area contributed by atoms with Crippen molar-refractivity contribution in [1.29, 1.82) is 0 Å². The van der Waals surface area contributed by atoms with Crippen molar-refractivity contribution in [1.82, 2.24) is 9.97 Å². The van der Waals surface area contributed by atoms with E-state index in [-0.39, 0.29) is 0 Å². The molecule has 2 aromatic rings. The van der Waals surface area contributed by atoms with Crippen molar-refractivity contribution >= 4 is 11.8 Å². The van der Waals surface area contributed by atoms with Gasteiger partial charge in [0.1, 0.15) is 5.82 Å². The van der Waals surface area contributed by atoms with E-state index in [1.807, 2.05) is 19.2 Å². The van der Waals surface area contributed by atoms with Crippen molar-refractivity contribution in [2.45, 2.75) is 25.8 Å². The molecule has 0 aliphatic heterocycles. The smallest absolute Gasteiger partial charge is 0.224 e. The number of hydrogen-bond donors (Lipinski definition) is 2. The molecule has 0 radical (unpaired) electrons. The summed E-state index contributed by atoms with van der Waals surface area (Å²) in [5.41, 5.74) is 1.37. The van der Waals surface area contributed by atoms with Gasteiger partial charge in [0.05, 0.1) is 0 Å². The summed E-state index contributed by atoms with van der Waals surface area (Å²) in [6, 6.07) is 12.8. The van der Waals surface area contributed by atoms with E-state index in [0.717, 1.165) is 18.7 Å². The monoisotopic (exact) mass is 256 g/mol. The largest absolute Gasteiger partial charge is 0.367 e. The van der Waals surface area contributed by atoms with E-state index >= 15 is 0 Å². The topological polar surface area (TPSA) is 49.8 Å². The van der Waals surface area contributed by atoms with Gasteiger partial charge in [0, 0.05) is 19.3 Å². The molecule has 1 unspecified atom stereocenters. The minimum absolute atomic E-state index is 0.375. The molecule has 0 amide bonds. The summed E-state index contributed by atoms with van der Waals surface area (Å²) in [6.07, 6.45) is 3.90. The van der Waals surface area contributed by atoms with E-state index in [4.69, 9.17) is 0 Å². The van der Waals surface area contributed by atoms with Gasteiger partial charge in [-0.05, 0) is 31.4 Å². The third-order valence-corrected chi connectivity index (χ3v) is 2.98. The molecule has 2 N–H and O–H groups in total. The molecule has 0 spiro atoms. The molecular formula is C15H20N4. The zero-order chi connectivity index (χ0) is 13.5. The highest BCUT2D eigenvalue weighted by molar-refractivity contribution is 5.39. The van der Waals surface area contributed by atoms with E-state index in [0.29, 0.717) is 12.0 Å². The summed E-state index contributed by atoms with van der Waals surface area (Å²) >= 11 is 0. The Labute approximate surface area is 114 Å². The van der Waals surface area contributed by atoms with Crippen LogP contribution in [0.25, 0.3) is 0 Å². The van der Waals surface area contributed by atoms with Gasteiger partial charge in [-0.25, -0.2) is 4.98 Å². The van der Waals surface area contributed by atoms with Crippen LogP contribution < -0.4 is 10.6 Å². The molecule has 1 aromatic carbocycles. The van der Waals surface area contributed by atoms with Crippen LogP contribution in [0.1, 0.15) is 18.9 Å². The molecule has 1 heterocycles. The Morgan fingerprint density at radius 2 is 1.95 bits per heavy atom. The Bertz CT molecular complexity index is 499.